The fourth-order valence-corrected chi connectivity index (χ4v) is 2.05. The summed E-state index contributed by atoms with van der Waals surface area (Å²) in [6.45, 7) is 2.33. The van der Waals surface area contributed by atoms with Gasteiger partial charge in [-0.15, -0.1) is 10.2 Å². The Balaban J connectivity index is 2.18. The number of rotatable bonds is 6. The third kappa shape index (κ3) is 4.77. The van der Waals surface area contributed by atoms with Crippen molar-refractivity contribution < 1.29 is 0 Å². The molecule has 0 aliphatic heterocycles. The van der Waals surface area contributed by atoms with Gasteiger partial charge in [0.2, 0.25) is 0 Å². The van der Waals surface area contributed by atoms with Crippen molar-refractivity contribution in [1.82, 2.24) is 15.1 Å². The Morgan fingerprint density at radius 2 is 1.65 bits per heavy atom. The molecule has 1 aromatic heterocycles. The SMILES string of the molecule is CN(C)CCN(Cc1ccc(C#N)cc1)c1ccc(C#N)nn1. The molecule has 0 aliphatic carbocycles. The summed E-state index contributed by atoms with van der Waals surface area (Å²) in [5.41, 5.74) is 2.04. The Hall–Kier alpha value is -2.96. The molecule has 6 nitrogen and oxygen atoms in total. The highest BCUT2D eigenvalue weighted by molar-refractivity contribution is 5.41. The normalized spacial score (nSPS) is 10.1. The Labute approximate surface area is 136 Å². The van der Waals surface area contributed by atoms with Gasteiger partial charge in [0, 0.05) is 19.6 Å². The van der Waals surface area contributed by atoms with Gasteiger partial charge in [-0.1, -0.05) is 12.1 Å². The van der Waals surface area contributed by atoms with E-state index >= 15 is 0 Å². The molecule has 0 saturated heterocycles. The Morgan fingerprint density at radius 3 is 2.17 bits per heavy atom. The predicted octanol–water partition coefficient (Wildman–Crippen LogP) is 1.79. The topological polar surface area (TPSA) is 79.8 Å². The largest absolute Gasteiger partial charge is 0.350 e. The Bertz CT molecular complexity index is 707. The molecule has 23 heavy (non-hydrogen) atoms. The van der Waals surface area contributed by atoms with E-state index < -0.39 is 0 Å². The monoisotopic (exact) mass is 306 g/mol. The molecule has 0 fully saturated rings. The maximum Gasteiger partial charge on any atom is 0.163 e. The zero-order chi connectivity index (χ0) is 16.7. The van der Waals surface area contributed by atoms with E-state index in [2.05, 4.69) is 26.1 Å². The predicted molar refractivity (Wildman–Crippen MR) is 87.5 cm³/mol. The van der Waals surface area contributed by atoms with E-state index in [0.717, 1.165) is 24.5 Å². The van der Waals surface area contributed by atoms with Crippen LogP contribution in [0.15, 0.2) is 36.4 Å². The summed E-state index contributed by atoms with van der Waals surface area (Å²) in [6.07, 6.45) is 0. The molecule has 0 spiro atoms. The van der Waals surface area contributed by atoms with Crippen LogP contribution in [0.2, 0.25) is 0 Å². The van der Waals surface area contributed by atoms with E-state index in [1.165, 1.54) is 0 Å². The molecular formula is C17H18N6. The van der Waals surface area contributed by atoms with Gasteiger partial charge in [-0.2, -0.15) is 10.5 Å². The van der Waals surface area contributed by atoms with Crippen LogP contribution in [0.3, 0.4) is 0 Å². The molecule has 0 aliphatic rings. The lowest BCUT2D eigenvalue weighted by Gasteiger charge is -2.25. The quantitative estimate of drug-likeness (QED) is 0.809. The van der Waals surface area contributed by atoms with Crippen molar-refractivity contribution in [3.63, 3.8) is 0 Å². The van der Waals surface area contributed by atoms with Gasteiger partial charge in [0.05, 0.1) is 11.6 Å². The average molecular weight is 306 g/mol. The molecule has 0 amide bonds. The van der Waals surface area contributed by atoms with Crippen LogP contribution in [-0.4, -0.2) is 42.3 Å². The van der Waals surface area contributed by atoms with E-state index in [1.807, 2.05) is 50.5 Å². The van der Waals surface area contributed by atoms with Gasteiger partial charge in [-0.3, -0.25) is 0 Å². The lowest BCUT2D eigenvalue weighted by Crippen LogP contribution is -2.32. The fourth-order valence-electron chi connectivity index (χ4n) is 2.05. The van der Waals surface area contributed by atoms with Crippen LogP contribution >= 0.6 is 0 Å². The summed E-state index contributed by atoms with van der Waals surface area (Å²) in [5.74, 6) is 0.732. The number of hydrogen-bond acceptors (Lipinski definition) is 6. The lowest BCUT2D eigenvalue weighted by atomic mass is 10.1. The van der Waals surface area contributed by atoms with E-state index in [1.54, 1.807) is 6.07 Å². The summed E-state index contributed by atoms with van der Waals surface area (Å²) in [4.78, 5) is 4.21. The van der Waals surface area contributed by atoms with Crippen molar-refractivity contribution in [2.24, 2.45) is 0 Å². The molecule has 116 valence electrons. The van der Waals surface area contributed by atoms with Gasteiger partial charge in [-0.25, -0.2) is 0 Å². The van der Waals surface area contributed by atoms with Crippen molar-refractivity contribution in [3.8, 4) is 12.1 Å². The molecule has 1 aromatic carbocycles. The summed E-state index contributed by atoms with van der Waals surface area (Å²) >= 11 is 0. The fraction of sp³-hybridized carbons (Fsp3) is 0.294. The number of hydrogen-bond donors (Lipinski definition) is 0. The molecule has 0 saturated carbocycles. The van der Waals surface area contributed by atoms with E-state index in [-0.39, 0.29) is 0 Å². The molecule has 2 rings (SSSR count). The Kier molecular flexibility index (Phi) is 5.62. The van der Waals surface area contributed by atoms with Gasteiger partial charge in [0.1, 0.15) is 6.07 Å². The van der Waals surface area contributed by atoms with Crippen molar-refractivity contribution in [2.75, 3.05) is 32.1 Å². The summed E-state index contributed by atoms with van der Waals surface area (Å²) in [5, 5.41) is 25.7. The van der Waals surface area contributed by atoms with Crippen LogP contribution in [0.4, 0.5) is 5.82 Å². The minimum Gasteiger partial charge on any atom is -0.350 e. The van der Waals surface area contributed by atoms with Gasteiger partial charge in [0.15, 0.2) is 11.5 Å². The highest BCUT2D eigenvalue weighted by Gasteiger charge is 2.10. The third-order valence-corrected chi connectivity index (χ3v) is 3.36. The Morgan fingerprint density at radius 1 is 0.913 bits per heavy atom. The number of likely N-dealkylation sites (N-methyl/N-ethyl adjacent to an activating group) is 1. The first kappa shape index (κ1) is 16.4. The van der Waals surface area contributed by atoms with Crippen LogP contribution in [0.25, 0.3) is 0 Å². The van der Waals surface area contributed by atoms with Crippen LogP contribution in [0.1, 0.15) is 16.8 Å². The molecule has 0 bridgehead atoms. The van der Waals surface area contributed by atoms with E-state index in [0.29, 0.717) is 17.8 Å². The van der Waals surface area contributed by atoms with E-state index in [9.17, 15) is 0 Å². The average Bonchev–Trinajstić information content (AvgIpc) is 2.59. The van der Waals surface area contributed by atoms with Crippen molar-refractivity contribution in [1.29, 1.82) is 10.5 Å². The molecule has 0 radical (unpaired) electrons. The maximum atomic E-state index is 8.87. The van der Waals surface area contributed by atoms with Gasteiger partial charge in [-0.05, 0) is 43.9 Å². The molecule has 0 unspecified atom stereocenters. The summed E-state index contributed by atoms with van der Waals surface area (Å²) in [7, 11) is 4.04. The van der Waals surface area contributed by atoms with Gasteiger partial charge < -0.3 is 9.80 Å². The number of aromatic nitrogens is 2. The first-order valence-corrected chi connectivity index (χ1v) is 7.25. The molecule has 2 aromatic rings. The first-order valence-electron chi connectivity index (χ1n) is 7.25. The number of anilines is 1. The van der Waals surface area contributed by atoms with Gasteiger partial charge >= 0.3 is 0 Å². The molecule has 1 heterocycles. The molecule has 0 atom stereocenters. The maximum absolute atomic E-state index is 8.87. The molecule has 0 N–H and O–H groups in total. The highest BCUT2D eigenvalue weighted by Crippen LogP contribution is 2.14. The van der Waals surface area contributed by atoms with Crippen LogP contribution in [-0.2, 0) is 6.54 Å². The zero-order valence-electron chi connectivity index (χ0n) is 13.3. The second kappa shape index (κ2) is 7.88. The lowest BCUT2D eigenvalue weighted by molar-refractivity contribution is 0.412. The first-order chi connectivity index (χ1) is 11.1. The molecular weight excluding hydrogens is 288 g/mol. The smallest absolute Gasteiger partial charge is 0.163 e. The second-order valence-corrected chi connectivity index (χ2v) is 5.42. The van der Waals surface area contributed by atoms with Gasteiger partial charge in [0.25, 0.3) is 0 Å². The van der Waals surface area contributed by atoms with Crippen LogP contribution in [0, 0.1) is 22.7 Å². The minimum atomic E-state index is 0.305. The van der Waals surface area contributed by atoms with Crippen LogP contribution < -0.4 is 4.90 Å². The minimum absolute atomic E-state index is 0.305. The van der Waals surface area contributed by atoms with Crippen molar-refractivity contribution in [3.05, 3.63) is 53.2 Å². The van der Waals surface area contributed by atoms with Crippen molar-refractivity contribution >= 4 is 5.82 Å². The number of nitrogens with zero attached hydrogens (tertiary/aromatic N) is 6. The molecule has 6 heteroatoms. The number of nitriles is 2. The van der Waals surface area contributed by atoms with Crippen molar-refractivity contribution in [2.45, 2.75) is 6.54 Å². The zero-order valence-corrected chi connectivity index (χ0v) is 13.3. The van der Waals surface area contributed by atoms with Crippen LogP contribution in [0.5, 0.6) is 0 Å². The standard InChI is InChI=1S/C17H18N6/c1-22(2)9-10-23(17-8-7-16(12-19)20-21-17)13-15-5-3-14(11-18)4-6-15/h3-8H,9-10,13H2,1-2H3. The summed E-state index contributed by atoms with van der Waals surface area (Å²) in [6, 6.07) is 15.1. The van der Waals surface area contributed by atoms with E-state index in [4.69, 9.17) is 10.5 Å². The third-order valence-electron chi connectivity index (χ3n) is 3.36. The highest BCUT2D eigenvalue weighted by atomic mass is 15.3. The summed E-state index contributed by atoms with van der Waals surface area (Å²) < 4.78 is 0. The number of benzene rings is 1. The second-order valence-electron chi connectivity index (χ2n) is 5.42.